The van der Waals surface area contributed by atoms with E-state index in [4.69, 9.17) is 10.5 Å². The van der Waals surface area contributed by atoms with Crippen molar-refractivity contribution in [3.05, 3.63) is 52.5 Å². The van der Waals surface area contributed by atoms with Crippen LogP contribution < -0.4 is 15.4 Å². The Balaban J connectivity index is 1.88. The molecule has 25 heavy (non-hydrogen) atoms. The number of rotatable bonds is 3. The lowest BCUT2D eigenvalue weighted by molar-refractivity contribution is -0.131. The highest BCUT2D eigenvalue weighted by atomic mass is 79.9. The number of nitrogen functional groups attached to an aromatic ring is 1. The van der Waals surface area contributed by atoms with Crippen LogP contribution in [0.3, 0.4) is 0 Å². The lowest BCUT2D eigenvalue weighted by Gasteiger charge is -2.32. The number of nitrogens with zero attached hydrogens (tertiary/aromatic N) is 2. The number of halogens is 1. The number of nitrogens with two attached hydrogens (primary N) is 1. The van der Waals surface area contributed by atoms with Crippen LogP contribution in [0, 0.1) is 0 Å². The maximum atomic E-state index is 13.2. The van der Waals surface area contributed by atoms with Gasteiger partial charge in [-0.1, -0.05) is 15.9 Å². The highest BCUT2D eigenvalue weighted by Gasteiger charge is 2.36. The molecule has 0 saturated carbocycles. The Morgan fingerprint density at radius 3 is 2.68 bits per heavy atom. The maximum Gasteiger partial charge on any atom is 0.270 e. The van der Waals surface area contributed by atoms with Crippen LogP contribution in [0.2, 0.25) is 0 Å². The summed E-state index contributed by atoms with van der Waals surface area (Å²) in [5.74, 6) is 0.525. The third-order valence-electron chi connectivity index (χ3n) is 3.97. The average molecular weight is 402 g/mol. The summed E-state index contributed by atoms with van der Waals surface area (Å²) in [6.45, 7) is 4.59. The van der Waals surface area contributed by atoms with E-state index in [-0.39, 0.29) is 5.91 Å². The second-order valence-electron chi connectivity index (χ2n) is 6.38. The number of carbonyl (C=O) groups excluding carboxylic acids is 1. The molecule has 2 aromatic carbocycles. The van der Waals surface area contributed by atoms with Crippen LogP contribution in [-0.4, -0.2) is 30.8 Å². The molecule has 2 aromatic rings. The smallest absolute Gasteiger partial charge is 0.270 e. The first kappa shape index (κ1) is 17.5. The van der Waals surface area contributed by atoms with Crippen LogP contribution in [0.25, 0.3) is 0 Å². The molecule has 0 unspecified atom stereocenters. The van der Waals surface area contributed by atoms with E-state index >= 15 is 0 Å². The number of benzene rings is 2. The molecule has 5 nitrogen and oxygen atoms in total. The van der Waals surface area contributed by atoms with Gasteiger partial charge in [-0.25, -0.2) is 0 Å². The first-order chi connectivity index (χ1) is 11.9. The van der Waals surface area contributed by atoms with Crippen molar-refractivity contribution in [3.8, 4) is 5.75 Å². The normalized spacial score (nSPS) is 14.0. The zero-order valence-corrected chi connectivity index (χ0v) is 15.8. The lowest BCUT2D eigenvalue weighted by Crippen LogP contribution is -2.50. The van der Waals surface area contributed by atoms with Crippen LogP contribution in [0.5, 0.6) is 5.75 Å². The Hall–Kier alpha value is -2.34. The maximum absolute atomic E-state index is 13.2. The number of benzodiazepines with no additional fused rings is 1. The quantitative estimate of drug-likeness (QED) is 0.797. The summed E-state index contributed by atoms with van der Waals surface area (Å²) in [7, 11) is 0. The van der Waals surface area contributed by atoms with E-state index < -0.39 is 5.60 Å². The van der Waals surface area contributed by atoms with Gasteiger partial charge < -0.3 is 15.4 Å². The monoisotopic (exact) mass is 401 g/mol. The van der Waals surface area contributed by atoms with Crippen LogP contribution in [0.1, 0.15) is 19.4 Å². The predicted molar refractivity (Wildman–Crippen MR) is 105 cm³/mol. The fourth-order valence-electron chi connectivity index (χ4n) is 2.74. The van der Waals surface area contributed by atoms with Crippen molar-refractivity contribution in [3.63, 3.8) is 0 Å². The number of hydrogen-bond donors (Lipinski definition) is 1. The largest absolute Gasteiger partial charge is 0.478 e. The van der Waals surface area contributed by atoms with Crippen LogP contribution in [0.15, 0.2) is 51.9 Å². The van der Waals surface area contributed by atoms with Crippen molar-refractivity contribution in [1.29, 1.82) is 0 Å². The molecule has 1 aliphatic rings. The average Bonchev–Trinajstić information content (AvgIpc) is 2.78. The number of fused-ring (bicyclic) bond motifs is 1. The van der Waals surface area contributed by atoms with Gasteiger partial charge >= 0.3 is 0 Å². The van der Waals surface area contributed by atoms with Crippen molar-refractivity contribution in [2.24, 2.45) is 4.99 Å². The molecule has 0 fully saturated rings. The van der Waals surface area contributed by atoms with Gasteiger partial charge in [-0.15, -0.1) is 0 Å². The van der Waals surface area contributed by atoms with Crippen molar-refractivity contribution in [2.45, 2.75) is 19.4 Å². The number of hydrogen-bond acceptors (Lipinski definition) is 4. The number of ether oxygens (including phenoxy) is 1. The summed E-state index contributed by atoms with van der Waals surface area (Å²) in [4.78, 5) is 19.3. The van der Waals surface area contributed by atoms with E-state index in [1.54, 1.807) is 31.0 Å². The Bertz CT molecular complexity index is 816. The molecule has 130 valence electrons. The van der Waals surface area contributed by atoms with Crippen molar-refractivity contribution >= 4 is 39.4 Å². The summed E-state index contributed by atoms with van der Waals surface area (Å²) in [6, 6.07) is 12.9. The Kier molecular flexibility index (Phi) is 4.81. The van der Waals surface area contributed by atoms with Gasteiger partial charge in [0.05, 0.1) is 12.2 Å². The number of carbonyl (C=O) groups is 1. The van der Waals surface area contributed by atoms with Crippen LogP contribution in [-0.2, 0) is 4.79 Å². The Morgan fingerprint density at radius 1 is 1.24 bits per heavy atom. The summed E-state index contributed by atoms with van der Waals surface area (Å²) >= 11 is 3.39. The molecule has 0 aromatic heterocycles. The van der Waals surface area contributed by atoms with Crippen molar-refractivity contribution in [1.82, 2.24) is 0 Å². The molecule has 0 radical (unpaired) electrons. The molecule has 0 bridgehead atoms. The van der Waals surface area contributed by atoms with Gasteiger partial charge in [-0.2, -0.15) is 0 Å². The first-order valence-electron chi connectivity index (χ1n) is 8.03. The zero-order chi connectivity index (χ0) is 18.0. The summed E-state index contributed by atoms with van der Waals surface area (Å²) in [5.41, 5.74) is 7.12. The molecule has 0 atom stereocenters. The molecule has 1 aliphatic heterocycles. The van der Waals surface area contributed by atoms with Gasteiger partial charge in [0.25, 0.3) is 5.91 Å². The van der Waals surface area contributed by atoms with E-state index in [0.717, 1.165) is 15.7 Å². The van der Waals surface area contributed by atoms with E-state index in [2.05, 4.69) is 20.9 Å². The Labute approximate surface area is 155 Å². The molecule has 2 N–H and O–H groups in total. The van der Waals surface area contributed by atoms with Crippen LogP contribution >= 0.6 is 15.9 Å². The second-order valence-corrected chi connectivity index (χ2v) is 7.29. The summed E-state index contributed by atoms with van der Waals surface area (Å²) < 4.78 is 6.93. The minimum atomic E-state index is -1.02. The highest BCUT2D eigenvalue weighted by molar-refractivity contribution is 9.10. The SMILES string of the molecule is CC(C)(Oc1ccc(Br)cc1)C(=O)N1CCN=Cc2cc(N)ccc21. The molecule has 1 amide bonds. The van der Waals surface area contributed by atoms with Gasteiger partial charge in [-0.05, 0) is 56.3 Å². The van der Waals surface area contributed by atoms with E-state index in [1.165, 1.54) is 0 Å². The third kappa shape index (κ3) is 3.85. The van der Waals surface area contributed by atoms with Crippen LogP contribution in [0.4, 0.5) is 11.4 Å². The molecule has 1 heterocycles. The molecular weight excluding hydrogens is 382 g/mol. The molecule has 0 saturated heterocycles. The molecule has 0 spiro atoms. The van der Waals surface area contributed by atoms with Gasteiger partial charge in [0.1, 0.15) is 5.75 Å². The van der Waals surface area contributed by atoms with Crippen molar-refractivity contribution < 1.29 is 9.53 Å². The Morgan fingerprint density at radius 2 is 1.96 bits per heavy atom. The van der Waals surface area contributed by atoms with Gasteiger partial charge in [0.2, 0.25) is 0 Å². The van der Waals surface area contributed by atoms with Gasteiger partial charge in [0.15, 0.2) is 5.60 Å². The minimum Gasteiger partial charge on any atom is -0.478 e. The molecular formula is C19H20BrN3O2. The lowest BCUT2D eigenvalue weighted by atomic mass is 10.1. The zero-order valence-electron chi connectivity index (χ0n) is 14.2. The summed E-state index contributed by atoms with van der Waals surface area (Å²) in [6.07, 6.45) is 1.77. The number of anilines is 2. The highest BCUT2D eigenvalue weighted by Crippen LogP contribution is 2.28. The minimum absolute atomic E-state index is 0.119. The van der Waals surface area contributed by atoms with Crippen molar-refractivity contribution in [2.75, 3.05) is 23.7 Å². The summed E-state index contributed by atoms with van der Waals surface area (Å²) in [5, 5.41) is 0. The standard InChI is InChI=1S/C19H20BrN3O2/c1-19(2,25-16-6-3-14(20)4-7-16)18(24)23-10-9-22-12-13-11-15(21)5-8-17(13)23/h3-8,11-12H,9-10,21H2,1-2H3. The molecule has 0 aliphatic carbocycles. The van der Waals surface area contributed by atoms with E-state index in [1.807, 2.05) is 36.4 Å². The van der Waals surface area contributed by atoms with Gasteiger partial charge in [-0.3, -0.25) is 9.79 Å². The second kappa shape index (κ2) is 6.88. The predicted octanol–water partition coefficient (Wildman–Crippen LogP) is 3.65. The fourth-order valence-corrected chi connectivity index (χ4v) is 3.00. The van der Waals surface area contributed by atoms with E-state index in [9.17, 15) is 4.79 Å². The van der Waals surface area contributed by atoms with Gasteiger partial charge in [0, 0.05) is 28.5 Å². The molecule has 6 heteroatoms. The number of aliphatic imine (C=N–C) groups is 1. The molecule has 3 rings (SSSR count). The number of amides is 1. The van der Waals surface area contributed by atoms with E-state index in [0.29, 0.717) is 24.5 Å². The topological polar surface area (TPSA) is 67.9 Å². The fraction of sp³-hybridized carbons (Fsp3) is 0.263. The third-order valence-corrected chi connectivity index (χ3v) is 4.50. The first-order valence-corrected chi connectivity index (χ1v) is 8.82.